The summed E-state index contributed by atoms with van der Waals surface area (Å²) in [4.78, 5) is 50.7. The van der Waals surface area contributed by atoms with Crippen LogP contribution in [-0.4, -0.2) is 68.2 Å². The number of esters is 2. The molecule has 1 aromatic rings. The van der Waals surface area contributed by atoms with E-state index in [2.05, 4.69) is 10.1 Å². The van der Waals surface area contributed by atoms with E-state index in [1.165, 1.54) is 0 Å². The number of morpholine rings is 1. The minimum Gasteiger partial charge on any atom is -0.462 e. The zero-order valence-corrected chi connectivity index (χ0v) is 16.3. The molecule has 1 aromatic heterocycles. The molecule has 2 heterocycles. The zero-order chi connectivity index (χ0) is 20.0. The monoisotopic (exact) mass is 398 g/mol. The van der Waals surface area contributed by atoms with Gasteiger partial charge < -0.3 is 24.4 Å². The summed E-state index contributed by atoms with van der Waals surface area (Å²) in [6.45, 7) is 6.76. The molecular weight excluding hydrogens is 376 g/mol. The standard InChI is InChI=1S/C17H22N2O7S/c1-4-25-16(22)11-10(3)12(15(21)19-6-8-24-9-7-19)27-14(11)18-13(20)17(23)26-5-2/h4-9H2,1-3H3,(H,18,20). The first-order valence-electron chi connectivity index (χ1n) is 8.56. The van der Waals surface area contributed by atoms with E-state index in [4.69, 9.17) is 9.47 Å². The Bertz CT molecular complexity index is 738. The molecule has 9 nitrogen and oxygen atoms in total. The topological polar surface area (TPSA) is 111 Å². The number of nitrogens with zero attached hydrogens (tertiary/aromatic N) is 1. The average molecular weight is 398 g/mol. The average Bonchev–Trinajstić information content (AvgIpc) is 2.98. The van der Waals surface area contributed by atoms with Crippen molar-refractivity contribution in [1.29, 1.82) is 0 Å². The first-order chi connectivity index (χ1) is 12.9. The lowest BCUT2D eigenvalue weighted by molar-refractivity contribution is -0.152. The van der Waals surface area contributed by atoms with Gasteiger partial charge in [0.2, 0.25) is 0 Å². The van der Waals surface area contributed by atoms with Crippen LogP contribution in [0.3, 0.4) is 0 Å². The number of anilines is 1. The van der Waals surface area contributed by atoms with E-state index in [1.807, 2.05) is 0 Å². The second-order valence-corrected chi connectivity index (χ2v) is 6.58. The molecule has 0 atom stereocenters. The number of hydrogen-bond donors (Lipinski definition) is 1. The molecule has 0 spiro atoms. The maximum absolute atomic E-state index is 12.8. The van der Waals surface area contributed by atoms with Crippen LogP contribution < -0.4 is 5.32 Å². The molecule has 1 fully saturated rings. The zero-order valence-electron chi connectivity index (χ0n) is 15.5. The summed E-state index contributed by atoms with van der Waals surface area (Å²) < 4.78 is 14.9. The number of ether oxygens (including phenoxy) is 3. The third kappa shape index (κ3) is 4.83. The summed E-state index contributed by atoms with van der Waals surface area (Å²) in [6.07, 6.45) is 0. The Labute approximate surface area is 160 Å². The minimum absolute atomic E-state index is 0.0429. The fourth-order valence-electron chi connectivity index (χ4n) is 2.52. The molecular formula is C17H22N2O7S. The summed E-state index contributed by atoms with van der Waals surface area (Å²) >= 11 is 0.933. The summed E-state index contributed by atoms with van der Waals surface area (Å²) in [6, 6.07) is 0. The molecule has 0 unspecified atom stereocenters. The van der Waals surface area contributed by atoms with Gasteiger partial charge in [-0.15, -0.1) is 11.3 Å². The van der Waals surface area contributed by atoms with Gasteiger partial charge in [0, 0.05) is 13.1 Å². The number of rotatable bonds is 5. The van der Waals surface area contributed by atoms with Crippen molar-refractivity contribution in [3.63, 3.8) is 0 Å². The van der Waals surface area contributed by atoms with E-state index in [0.29, 0.717) is 36.7 Å². The predicted octanol–water partition coefficient (Wildman–Crippen LogP) is 1.21. The molecule has 0 aromatic carbocycles. The van der Waals surface area contributed by atoms with Gasteiger partial charge in [0.25, 0.3) is 5.91 Å². The molecule has 0 aliphatic carbocycles. The van der Waals surface area contributed by atoms with E-state index in [-0.39, 0.29) is 29.7 Å². The second-order valence-electron chi connectivity index (χ2n) is 5.56. The van der Waals surface area contributed by atoms with Gasteiger partial charge in [-0.05, 0) is 26.3 Å². The summed E-state index contributed by atoms with van der Waals surface area (Å²) in [5.74, 6) is -3.03. The number of thiophene rings is 1. The molecule has 1 saturated heterocycles. The molecule has 0 saturated carbocycles. The Hall–Kier alpha value is -2.46. The van der Waals surface area contributed by atoms with Crippen LogP contribution in [-0.2, 0) is 23.8 Å². The maximum Gasteiger partial charge on any atom is 0.397 e. The number of carbonyl (C=O) groups excluding carboxylic acids is 4. The van der Waals surface area contributed by atoms with Gasteiger partial charge in [-0.25, -0.2) is 9.59 Å². The molecule has 0 bridgehead atoms. The Kier molecular flexibility index (Phi) is 7.31. The largest absolute Gasteiger partial charge is 0.462 e. The number of amides is 2. The summed E-state index contributed by atoms with van der Waals surface area (Å²) in [7, 11) is 0. The highest BCUT2D eigenvalue weighted by molar-refractivity contribution is 7.18. The van der Waals surface area contributed by atoms with Crippen molar-refractivity contribution in [1.82, 2.24) is 4.90 Å². The smallest absolute Gasteiger partial charge is 0.397 e. The third-order valence-electron chi connectivity index (χ3n) is 3.81. The van der Waals surface area contributed by atoms with Gasteiger partial charge >= 0.3 is 17.8 Å². The molecule has 27 heavy (non-hydrogen) atoms. The van der Waals surface area contributed by atoms with Crippen molar-refractivity contribution in [2.24, 2.45) is 0 Å². The molecule has 2 rings (SSSR count). The highest BCUT2D eigenvalue weighted by atomic mass is 32.1. The van der Waals surface area contributed by atoms with Gasteiger partial charge in [-0.2, -0.15) is 0 Å². The van der Waals surface area contributed by atoms with Gasteiger partial charge in [0.15, 0.2) is 0 Å². The fourth-order valence-corrected chi connectivity index (χ4v) is 3.67. The number of hydrogen-bond acceptors (Lipinski definition) is 8. The quantitative estimate of drug-likeness (QED) is 0.586. The van der Waals surface area contributed by atoms with Crippen molar-refractivity contribution in [3.05, 3.63) is 16.0 Å². The Morgan fingerprint density at radius 1 is 1.11 bits per heavy atom. The van der Waals surface area contributed by atoms with E-state index in [1.54, 1.807) is 25.7 Å². The van der Waals surface area contributed by atoms with E-state index in [9.17, 15) is 19.2 Å². The van der Waals surface area contributed by atoms with Gasteiger partial charge in [0.1, 0.15) is 5.00 Å². The fraction of sp³-hybridized carbons (Fsp3) is 0.529. The van der Waals surface area contributed by atoms with Crippen LogP contribution >= 0.6 is 11.3 Å². The minimum atomic E-state index is -1.07. The van der Waals surface area contributed by atoms with Crippen LogP contribution in [0.2, 0.25) is 0 Å². The molecule has 2 amide bonds. The lowest BCUT2D eigenvalue weighted by Gasteiger charge is -2.26. The first-order valence-corrected chi connectivity index (χ1v) is 9.37. The Morgan fingerprint density at radius 2 is 1.74 bits per heavy atom. The van der Waals surface area contributed by atoms with Crippen molar-refractivity contribution in [3.8, 4) is 0 Å². The summed E-state index contributed by atoms with van der Waals surface area (Å²) in [5, 5.41) is 2.45. The van der Waals surface area contributed by atoms with Gasteiger partial charge in [0.05, 0.1) is 36.9 Å². The summed E-state index contributed by atoms with van der Waals surface area (Å²) in [5.41, 5.74) is 0.463. The van der Waals surface area contributed by atoms with Crippen LogP contribution in [0.5, 0.6) is 0 Å². The highest BCUT2D eigenvalue weighted by Gasteiger charge is 2.30. The lowest BCUT2D eigenvalue weighted by atomic mass is 10.1. The third-order valence-corrected chi connectivity index (χ3v) is 5.00. The molecule has 1 N–H and O–H groups in total. The lowest BCUT2D eigenvalue weighted by Crippen LogP contribution is -2.40. The van der Waals surface area contributed by atoms with Crippen molar-refractivity contribution < 1.29 is 33.4 Å². The highest BCUT2D eigenvalue weighted by Crippen LogP contribution is 2.34. The Morgan fingerprint density at radius 3 is 2.33 bits per heavy atom. The van der Waals surface area contributed by atoms with Crippen LogP contribution in [0.15, 0.2) is 0 Å². The molecule has 10 heteroatoms. The van der Waals surface area contributed by atoms with Gasteiger partial charge in [-0.3, -0.25) is 9.59 Å². The first kappa shape index (κ1) is 20.8. The SMILES string of the molecule is CCOC(=O)C(=O)Nc1sc(C(=O)N2CCOCC2)c(C)c1C(=O)OCC. The molecule has 148 valence electrons. The predicted molar refractivity (Wildman–Crippen MR) is 97.0 cm³/mol. The molecule has 0 radical (unpaired) electrons. The van der Waals surface area contributed by atoms with Crippen molar-refractivity contribution in [2.45, 2.75) is 20.8 Å². The number of nitrogens with one attached hydrogen (secondary N) is 1. The van der Waals surface area contributed by atoms with Crippen molar-refractivity contribution in [2.75, 3.05) is 44.8 Å². The van der Waals surface area contributed by atoms with Crippen molar-refractivity contribution >= 4 is 40.1 Å². The van der Waals surface area contributed by atoms with E-state index >= 15 is 0 Å². The van der Waals surface area contributed by atoms with Crippen LogP contribution in [0.1, 0.15) is 39.4 Å². The normalized spacial score (nSPS) is 13.8. The molecule has 1 aliphatic rings. The molecule has 1 aliphatic heterocycles. The van der Waals surface area contributed by atoms with Gasteiger partial charge in [-0.1, -0.05) is 0 Å². The Balaban J connectivity index is 2.35. The van der Waals surface area contributed by atoms with E-state index < -0.39 is 17.8 Å². The number of carbonyl (C=O) groups is 4. The van der Waals surface area contributed by atoms with Crippen LogP contribution in [0.25, 0.3) is 0 Å². The van der Waals surface area contributed by atoms with Crippen LogP contribution in [0.4, 0.5) is 5.00 Å². The maximum atomic E-state index is 12.8. The van der Waals surface area contributed by atoms with E-state index in [0.717, 1.165) is 11.3 Å². The van der Waals surface area contributed by atoms with Crippen LogP contribution in [0, 0.1) is 6.92 Å². The second kappa shape index (κ2) is 9.47.